The fourth-order valence-corrected chi connectivity index (χ4v) is 3.93. The highest BCUT2D eigenvalue weighted by Crippen LogP contribution is 2.36. The molecule has 0 radical (unpaired) electrons. The van der Waals surface area contributed by atoms with Gasteiger partial charge in [0, 0.05) is 19.9 Å². The van der Waals surface area contributed by atoms with Crippen molar-refractivity contribution in [2.45, 2.75) is 37.8 Å². The molecule has 0 aromatic carbocycles. The van der Waals surface area contributed by atoms with Crippen LogP contribution in [0.4, 0.5) is 0 Å². The Morgan fingerprint density at radius 2 is 2.04 bits per heavy atom. The third kappa shape index (κ3) is 4.88. The van der Waals surface area contributed by atoms with E-state index in [1.165, 1.54) is 12.8 Å². The summed E-state index contributed by atoms with van der Waals surface area (Å²) in [7, 11) is 1.88. The molecule has 6 nitrogen and oxygen atoms in total. The summed E-state index contributed by atoms with van der Waals surface area (Å²) in [6, 6.07) is 0.101. The predicted molar refractivity (Wildman–Crippen MR) is 101 cm³/mol. The fraction of sp³-hybridized carbons (Fsp3) is 0.765. The number of amides is 1. The minimum Gasteiger partial charge on any atom is -0.376 e. The zero-order chi connectivity index (χ0) is 15.8. The minimum atomic E-state index is -0.0833. The first-order valence-corrected chi connectivity index (χ1v) is 8.80. The smallest absolute Gasteiger partial charge is 0.271 e. The maximum Gasteiger partial charge on any atom is 0.271 e. The van der Waals surface area contributed by atoms with Gasteiger partial charge in [-0.15, -0.1) is 24.8 Å². The van der Waals surface area contributed by atoms with Crippen molar-refractivity contribution in [2.75, 3.05) is 19.7 Å². The van der Waals surface area contributed by atoms with Gasteiger partial charge in [0.25, 0.3) is 5.91 Å². The van der Waals surface area contributed by atoms with Crippen LogP contribution < -0.4 is 10.6 Å². The Hall–Kier alpha value is -0.820. The predicted octanol–water partition coefficient (Wildman–Crippen LogP) is 1.79. The van der Waals surface area contributed by atoms with Crippen molar-refractivity contribution in [1.82, 2.24) is 20.2 Å². The largest absolute Gasteiger partial charge is 0.376 e. The molecule has 2 heterocycles. The van der Waals surface area contributed by atoms with Crippen LogP contribution in [0.5, 0.6) is 0 Å². The Bertz CT molecular complexity index is 579. The van der Waals surface area contributed by atoms with Crippen LogP contribution in [0.2, 0.25) is 0 Å². The van der Waals surface area contributed by atoms with Gasteiger partial charge in [0.2, 0.25) is 0 Å². The van der Waals surface area contributed by atoms with Gasteiger partial charge in [0.1, 0.15) is 5.69 Å². The molecule has 1 saturated heterocycles. The normalized spacial score (nSPS) is 30.8. The molecular formula is C17H28Cl2N4O2. The van der Waals surface area contributed by atoms with E-state index in [0.717, 1.165) is 38.5 Å². The lowest BCUT2D eigenvalue weighted by Gasteiger charge is -2.38. The molecule has 0 bridgehead atoms. The maximum atomic E-state index is 12.5. The van der Waals surface area contributed by atoms with E-state index in [1.54, 1.807) is 17.1 Å². The lowest BCUT2D eigenvalue weighted by atomic mass is 9.77. The number of aryl methyl sites for hydroxylation is 1. The van der Waals surface area contributed by atoms with Crippen LogP contribution in [-0.2, 0) is 11.8 Å². The minimum absolute atomic E-state index is 0. The van der Waals surface area contributed by atoms with Gasteiger partial charge in [-0.3, -0.25) is 4.79 Å². The molecule has 2 saturated carbocycles. The molecule has 1 amide bonds. The molecule has 2 N–H and O–H groups in total. The Balaban J connectivity index is 0.00000113. The third-order valence-electron chi connectivity index (χ3n) is 5.52. The highest BCUT2D eigenvalue weighted by atomic mass is 35.5. The summed E-state index contributed by atoms with van der Waals surface area (Å²) < 4.78 is 8.00. The van der Waals surface area contributed by atoms with Gasteiger partial charge < -0.3 is 19.9 Å². The van der Waals surface area contributed by atoms with Crippen molar-refractivity contribution in [3.05, 3.63) is 18.2 Å². The van der Waals surface area contributed by atoms with Gasteiger partial charge in [0.15, 0.2) is 0 Å². The van der Waals surface area contributed by atoms with Gasteiger partial charge >= 0.3 is 0 Å². The average molecular weight is 391 g/mol. The second kappa shape index (κ2) is 8.71. The molecule has 142 valence electrons. The number of fused-ring (bicyclic) bond motifs is 1. The number of nitrogens with zero attached hydrogens (tertiary/aromatic N) is 2. The van der Waals surface area contributed by atoms with Crippen LogP contribution in [0.25, 0.3) is 0 Å². The topological polar surface area (TPSA) is 68.2 Å². The van der Waals surface area contributed by atoms with Crippen molar-refractivity contribution in [2.24, 2.45) is 24.8 Å². The van der Waals surface area contributed by atoms with Crippen molar-refractivity contribution in [3.8, 4) is 0 Å². The Morgan fingerprint density at radius 1 is 1.32 bits per heavy atom. The third-order valence-corrected chi connectivity index (χ3v) is 5.52. The zero-order valence-corrected chi connectivity index (χ0v) is 16.2. The molecular weight excluding hydrogens is 363 g/mol. The maximum absolute atomic E-state index is 12.5. The second-order valence-corrected chi connectivity index (χ2v) is 7.47. The van der Waals surface area contributed by atoms with Crippen LogP contribution in [0.15, 0.2) is 12.5 Å². The van der Waals surface area contributed by atoms with Crippen LogP contribution in [0, 0.1) is 17.8 Å². The van der Waals surface area contributed by atoms with Crippen molar-refractivity contribution in [3.63, 3.8) is 0 Å². The van der Waals surface area contributed by atoms with E-state index in [2.05, 4.69) is 15.6 Å². The van der Waals surface area contributed by atoms with Gasteiger partial charge in [-0.2, -0.15) is 0 Å². The number of carbonyl (C=O) groups is 1. The number of carbonyl (C=O) groups excluding carboxylic acids is 1. The molecule has 4 rings (SSSR count). The number of rotatable bonds is 5. The summed E-state index contributed by atoms with van der Waals surface area (Å²) in [4.78, 5) is 16.6. The molecule has 4 atom stereocenters. The highest BCUT2D eigenvalue weighted by molar-refractivity contribution is 5.92. The molecule has 0 unspecified atom stereocenters. The fourth-order valence-electron chi connectivity index (χ4n) is 3.93. The first-order chi connectivity index (χ1) is 11.2. The highest BCUT2D eigenvalue weighted by Gasteiger charge is 2.41. The summed E-state index contributed by atoms with van der Waals surface area (Å²) in [5.74, 6) is 2.02. The first kappa shape index (κ1) is 20.5. The van der Waals surface area contributed by atoms with Gasteiger partial charge in [-0.25, -0.2) is 4.98 Å². The van der Waals surface area contributed by atoms with E-state index in [1.807, 2.05) is 7.05 Å². The number of ether oxygens (including phenoxy) is 1. The second-order valence-electron chi connectivity index (χ2n) is 7.47. The molecule has 1 aromatic rings. The summed E-state index contributed by atoms with van der Waals surface area (Å²) in [6.45, 7) is 3.01. The number of aromatic nitrogens is 2. The summed E-state index contributed by atoms with van der Waals surface area (Å²) in [5, 5.41) is 6.67. The van der Waals surface area contributed by atoms with Crippen LogP contribution >= 0.6 is 24.8 Å². The molecule has 2 aliphatic carbocycles. The van der Waals surface area contributed by atoms with Gasteiger partial charge in [-0.05, 0) is 56.5 Å². The number of hydrogen-bond acceptors (Lipinski definition) is 4. The van der Waals surface area contributed by atoms with Gasteiger partial charge in [0.05, 0.1) is 18.5 Å². The molecule has 8 heteroatoms. The molecule has 0 spiro atoms. The number of imidazole rings is 1. The quantitative estimate of drug-likeness (QED) is 0.803. The monoisotopic (exact) mass is 390 g/mol. The lowest BCUT2D eigenvalue weighted by Crippen LogP contribution is -2.50. The lowest BCUT2D eigenvalue weighted by molar-refractivity contribution is -0.0212. The zero-order valence-electron chi connectivity index (χ0n) is 14.5. The van der Waals surface area contributed by atoms with E-state index in [-0.39, 0.29) is 42.9 Å². The average Bonchev–Trinajstić information content (AvgIpc) is 3.08. The molecule has 25 heavy (non-hydrogen) atoms. The van der Waals surface area contributed by atoms with Crippen molar-refractivity contribution < 1.29 is 9.53 Å². The number of halogens is 2. The molecule has 3 fully saturated rings. The van der Waals surface area contributed by atoms with E-state index >= 15 is 0 Å². The molecule has 1 aliphatic heterocycles. The summed E-state index contributed by atoms with van der Waals surface area (Å²) >= 11 is 0. The van der Waals surface area contributed by atoms with Crippen molar-refractivity contribution >= 4 is 30.7 Å². The van der Waals surface area contributed by atoms with E-state index in [4.69, 9.17) is 4.74 Å². The van der Waals surface area contributed by atoms with Gasteiger partial charge in [-0.1, -0.05) is 0 Å². The molecule has 1 aromatic heterocycles. The van der Waals surface area contributed by atoms with E-state index < -0.39 is 0 Å². The SMILES string of the molecule is Cl.Cl.Cn1cnc(C(=O)N[C@H]2C[C@H]3CNC[C@H]3C[C@@H]2OCC2CC2)c1. The van der Waals surface area contributed by atoms with E-state index in [9.17, 15) is 4.79 Å². The summed E-state index contributed by atoms with van der Waals surface area (Å²) in [5.41, 5.74) is 0.486. The van der Waals surface area contributed by atoms with Crippen LogP contribution in [0.3, 0.4) is 0 Å². The van der Waals surface area contributed by atoms with Crippen molar-refractivity contribution in [1.29, 1.82) is 0 Å². The first-order valence-electron chi connectivity index (χ1n) is 8.80. The Labute approximate surface area is 161 Å². The standard InChI is InChI=1S/C17H26N4O2.2ClH/c1-21-8-15(19-10-21)17(22)20-14-4-12-6-18-7-13(12)5-16(14)23-9-11-2-3-11;;/h8,10-14,16,18H,2-7,9H2,1H3,(H,20,22);2*1H/t12-,13+,14-,16-;;/m0../s1. The summed E-state index contributed by atoms with van der Waals surface area (Å²) in [6.07, 6.45) is 8.22. The Morgan fingerprint density at radius 3 is 2.68 bits per heavy atom. The van der Waals surface area contributed by atoms with Crippen LogP contribution in [0.1, 0.15) is 36.2 Å². The van der Waals surface area contributed by atoms with E-state index in [0.29, 0.717) is 17.5 Å². The number of hydrogen-bond donors (Lipinski definition) is 2. The Kier molecular flexibility index (Phi) is 7.14. The molecule has 3 aliphatic rings. The number of nitrogens with one attached hydrogen (secondary N) is 2. The van der Waals surface area contributed by atoms with Crippen LogP contribution in [-0.4, -0.2) is 47.3 Å².